The molecule has 3 aromatic rings. The largest absolute Gasteiger partial charge is 0.490 e. The predicted molar refractivity (Wildman–Crippen MR) is 108 cm³/mol. The Morgan fingerprint density at radius 2 is 1.81 bits per heavy atom. The molecule has 166 valence electrons. The average Bonchev–Trinajstić information content (AvgIpc) is 3.21. The molecule has 0 spiro atoms. The summed E-state index contributed by atoms with van der Waals surface area (Å²) in [6, 6.07) is 14.9. The summed E-state index contributed by atoms with van der Waals surface area (Å²) in [5.41, 5.74) is 5.08. The van der Waals surface area contributed by atoms with Gasteiger partial charge in [0.15, 0.2) is 0 Å². The molecule has 0 saturated heterocycles. The molecule has 1 aliphatic heterocycles. The molecular formula is C21H17F3N4O4. The van der Waals surface area contributed by atoms with Gasteiger partial charge in [0, 0.05) is 41.7 Å². The quantitative estimate of drug-likeness (QED) is 0.279. The highest BCUT2D eigenvalue weighted by Crippen LogP contribution is 2.25. The SMILES string of the molecule is O=C(O)C(F)(F)F.O=C1NCCc2[nH]c(-c3ccnc(/C(=N\O)c4ccccc4)c3)cc21. The summed E-state index contributed by atoms with van der Waals surface area (Å²) < 4.78 is 31.7. The summed E-state index contributed by atoms with van der Waals surface area (Å²) in [4.78, 5) is 28.5. The van der Waals surface area contributed by atoms with Gasteiger partial charge in [-0.3, -0.25) is 9.78 Å². The highest BCUT2D eigenvalue weighted by Gasteiger charge is 2.38. The number of nitrogens with one attached hydrogen (secondary N) is 2. The third-order valence-electron chi connectivity index (χ3n) is 4.51. The predicted octanol–water partition coefficient (Wildman–Crippen LogP) is 3.22. The number of aromatic nitrogens is 2. The smallest absolute Gasteiger partial charge is 0.475 e. The second kappa shape index (κ2) is 9.33. The summed E-state index contributed by atoms with van der Waals surface area (Å²) in [5.74, 6) is -2.81. The van der Waals surface area contributed by atoms with Crippen molar-refractivity contribution in [2.24, 2.45) is 5.16 Å². The van der Waals surface area contributed by atoms with Gasteiger partial charge in [-0.05, 0) is 18.2 Å². The Hall–Kier alpha value is -4.15. The van der Waals surface area contributed by atoms with Gasteiger partial charge in [0.25, 0.3) is 5.91 Å². The first-order chi connectivity index (χ1) is 15.2. The summed E-state index contributed by atoms with van der Waals surface area (Å²) >= 11 is 0. The van der Waals surface area contributed by atoms with E-state index in [4.69, 9.17) is 9.90 Å². The molecule has 11 heteroatoms. The van der Waals surface area contributed by atoms with Crippen molar-refractivity contribution in [3.63, 3.8) is 0 Å². The highest BCUT2D eigenvalue weighted by atomic mass is 19.4. The first kappa shape index (κ1) is 22.5. The maximum absolute atomic E-state index is 11.9. The number of carbonyl (C=O) groups is 2. The molecule has 3 heterocycles. The number of aliphatic carboxylic acids is 1. The molecule has 32 heavy (non-hydrogen) atoms. The normalized spacial score (nSPS) is 13.5. The third kappa shape index (κ3) is 5.12. The number of benzene rings is 1. The van der Waals surface area contributed by atoms with Gasteiger partial charge in [-0.25, -0.2) is 4.79 Å². The fraction of sp³-hybridized carbons (Fsp3) is 0.143. The van der Waals surface area contributed by atoms with E-state index in [2.05, 4.69) is 20.4 Å². The van der Waals surface area contributed by atoms with Gasteiger partial charge >= 0.3 is 12.1 Å². The van der Waals surface area contributed by atoms with Crippen LogP contribution < -0.4 is 5.32 Å². The van der Waals surface area contributed by atoms with Gasteiger partial charge in [0.1, 0.15) is 5.71 Å². The van der Waals surface area contributed by atoms with Gasteiger partial charge in [0.2, 0.25) is 0 Å². The Kier molecular flexibility index (Phi) is 6.57. The summed E-state index contributed by atoms with van der Waals surface area (Å²) in [6.07, 6.45) is -2.63. The van der Waals surface area contributed by atoms with E-state index in [1.807, 2.05) is 48.5 Å². The molecule has 0 atom stereocenters. The van der Waals surface area contributed by atoms with E-state index in [9.17, 15) is 23.2 Å². The van der Waals surface area contributed by atoms with E-state index in [0.717, 1.165) is 28.9 Å². The number of carboxylic acid groups (broad SMARTS) is 1. The number of aromatic amines is 1. The zero-order valence-corrected chi connectivity index (χ0v) is 16.3. The second-order valence-corrected chi connectivity index (χ2v) is 6.63. The number of H-pyrrole nitrogens is 1. The van der Waals surface area contributed by atoms with Crippen LogP contribution in [0.25, 0.3) is 11.3 Å². The topological polar surface area (TPSA) is 128 Å². The van der Waals surface area contributed by atoms with Crippen molar-refractivity contribution in [3.8, 4) is 11.3 Å². The Morgan fingerprint density at radius 3 is 2.41 bits per heavy atom. The number of carbonyl (C=O) groups excluding carboxylic acids is 1. The van der Waals surface area contributed by atoms with Crippen molar-refractivity contribution < 1.29 is 33.1 Å². The highest BCUT2D eigenvalue weighted by molar-refractivity contribution is 6.11. The Morgan fingerprint density at radius 1 is 1.12 bits per heavy atom. The first-order valence-electron chi connectivity index (χ1n) is 9.25. The van der Waals surface area contributed by atoms with Crippen LogP contribution in [0.2, 0.25) is 0 Å². The molecule has 8 nitrogen and oxygen atoms in total. The van der Waals surface area contributed by atoms with E-state index >= 15 is 0 Å². The van der Waals surface area contributed by atoms with E-state index in [1.54, 1.807) is 6.20 Å². The van der Waals surface area contributed by atoms with Crippen LogP contribution in [0.3, 0.4) is 0 Å². The Bertz CT molecular complexity index is 1160. The minimum atomic E-state index is -5.08. The molecule has 0 fully saturated rings. The maximum atomic E-state index is 11.9. The fourth-order valence-corrected chi connectivity index (χ4v) is 3.03. The van der Waals surface area contributed by atoms with Gasteiger partial charge in [-0.15, -0.1) is 0 Å². The van der Waals surface area contributed by atoms with Crippen LogP contribution in [0.5, 0.6) is 0 Å². The number of amides is 1. The molecule has 2 aromatic heterocycles. The van der Waals surface area contributed by atoms with Gasteiger partial charge in [-0.1, -0.05) is 35.5 Å². The van der Waals surface area contributed by atoms with Crippen LogP contribution in [0, 0.1) is 0 Å². The standard InChI is InChI=1S/C19H16N4O2.C2HF3O2/c24-19-14-11-16(22-15(14)7-9-21-19)13-6-8-20-17(10-13)18(23-25)12-4-2-1-3-5-12;3-2(4,5)1(6)7/h1-6,8,10-11,22,25H,7,9H2,(H,21,24);(H,6,7)/b23-18-;. The van der Waals surface area contributed by atoms with E-state index in [1.165, 1.54) is 0 Å². The maximum Gasteiger partial charge on any atom is 0.490 e. The number of rotatable bonds is 3. The number of hydrogen-bond donors (Lipinski definition) is 4. The first-order valence-corrected chi connectivity index (χ1v) is 9.25. The van der Waals surface area contributed by atoms with Crippen molar-refractivity contribution in [2.75, 3.05) is 6.54 Å². The van der Waals surface area contributed by atoms with Crippen LogP contribution in [0.1, 0.15) is 27.3 Å². The number of oxime groups is 1. The van der Waals surface area contributed by atoms with Crippen LogP contribution in [-0.4, -0.2) is 50.6 Å². The van der Waals surface area contributed by atoms with Gasteiger partial charge in [-0.2, -0.15) is 13.2 Å². The van der Waals surface area contributed by atoms with Crippen molar-refractivity contribution in [3.05, 3.63) is 77.2 Å². The lowest BCUT2D eigenvalue weighted by molar-refractivity contribution is -0.192. The number of nitrogens with zero attached hydrogens (tertiary/aromatic N) is 2. The molecule has 4 N–H and O–H groups in total. The number of carboxylic acids is 1. The Labute approximate surface area is 179 Å². The summed E-state index contributed by atoms with van der Waals surface area (Å²) in [6.45, 7) is 0.642. The van der Waals surface area contributed by atoms with Crippen LogP contribution in [0.15, 0.2) is 59.9 Å². The monoisotopic (exact) mass is 446 g/mol. The zero-order valence-electron chi connectivity index (χ0n) is 16.3. The lowest BCUT2D eigenvalue weighted by Crippen LogP contribution is -2.31. The molecule has 1 aromatic carbocycles. The number of hydrogen-bond acceptors (Lipinski definition) is 5. The van der Waals surface area contributed by atoms with E-state index in [0.29, 0.717) is 23.5 Å². The average molecular weight is 446 g/mol. The molecule has 1 aliphatic rings. The lowest BCUT2D eigenvalue weighted by atomic mass is 10.0. The molecular weight excluding hydrogens is 429 g/mol. The second-order valence-electron chi connectivity index (χ2n) is 6.63. The van der Waals surface area contributed by atoms with Crippen LogP contribution >= 0.6 is 0 Å². The molecule has 0 bridgehead atoms. The lowest BCUT2D eigenvalue weighted by Gasteiger charge is -2.11. The fourth-order valence-electron chi connectivity index (χ4n) is 3.03. The van der Waals surface area contributed by atoms with Crippen LogP contribution in [-0.2, 0) is 11.2 Å². The molecule has 0 unspecified atom stereocenters. The van der Waals surface area contributed by atoms with Crippen molar-refractivity contribution in [1.29, 1.82) is 0 Å². The third-order valence-corrected chi connectivity index (χ3v) is 4.51. The van der Waals surface area contributed by atoms with Gasteiger partial charge < -0.3 is 20.6 Å². The number of pyridine rings is 1. The summed E-state index contributed by atoms with van der Waals surface area (Å²) in [5, 5.41) is 22.8. The minimum absolute atomic E-state index is 0.0556. The van der Waals surface area contributed by atoms with E-state index in [-0.39, 0.29) is 5.91 Å². The van der Waals surface area contributed by atoms with Crippen molar-refractivity contribution >= 4 is 17.6 Å². The zero-order chi connectivity index (χ0) is 23.3. The van der Waals surface area contributed by atoms with Crippen molar-refractivity contribution in [1.82, 2.24) is 15.3 Å². The molecule has 0 radical (unpaired) electrons. The molecule has 4 rings (SSSR count). The molecule has 1 amide bonds. The van der Waals surface area contributed by atoms with Gasteiger partial charge in [0.05, 0.1) is 11.3 Å². The molecule has 0 saturated carbocycles. The van der Waals surface area contributed by atoms with E-state index < -0.39 is 12.1 Å². The number of alkyl halides is 3. The molecule has 0 aliphatic carbocycles. The van der Waals surface area contributed by atoms with Crippen LogP contribution in [0.4, 0.5) is 13.2 Å². The van der Waals surface area contributed by atoms with Crippen molar-refractivity contribution in [2.45, 2.75) is 12.6 Å². The minimum Gasteiger partial charge on any atom is -0.475 e. The summed E-state index contributed by atoms with van der Waals surface area (Å²) in [7, 11) is 0. The number of halogens is 3. The Balaban J connectivity index is 0.000000360. The number of fused-ring (bicyclic) bond motifs is 1.